The fourth-order valence-electron chi connectivity index (χ4n) is 2.23. The third-order valence-electron chi connectivity index (χ3n) is 3.34. The summed E-state index contributed by atoms with van der Waals surface area (Å²) >= 11 is 3.47. The quantitative estimate of drug-likeness (QED) is 0.680. The van der Waals surface area contributed by atoms with Crippen molar-refractivity contribution in [3.05, 3.63) is 73.7 Å². The molecule has 104 valence electrons. The van der Waals surface area contributed by atoms with Crippen molar-refractivity contribution in [2.24, 2.45) is 5.73 Å². The lowest BCUT2D eigenvalue weighted by molar-refractivity contribution is -0.385. The minimum Gasteiger partial charge on any atom is -0.324 e. The molecule has 1 unspecified atom stereocenters. The first-order valence-corrected chi connectivity index (χ1v) is 7.03. The summed E-state index contributed by atoms with van der Waals surface area (Å²) in [6.07, 6.45) is 0.439. The van der Waals surface area contributed by atoms with E-state index in [1.54, 1.807) is 18.2 Å². The van der Waals surface area contributed by atoms with Crippen LogP contribution in [0.2, 0.25) is 0 Å². The van der Waals surface area contributed by atoms with Crippen molar-refractivity contribution in [2.75, 3.05) is 0 Å². The molecule has 2 aromatic carbocycles. The zero-order chi connectivity index (χ0) is 14.7. The molecule has 2 N–H and O–H groups in total. The second-order valence-electron chi connectivity index (χ2n) is 4.65. The second-order valence-corrected chi connectivity index (χ2v) is 5.50. The Labute approximate surface area is 125 Å². The Balaban J connectivity index is 2.30. The van der Waals surface area contributed by atoms with Gasteiger partial charge in [0.05, 0.1) is 4.92 Å². The molecule has 1 atom stereocenters. The van der Waals surface area contributed by atoms with E-state index >= 15 is 0 Å². The number of rotatable bonds is 4. The molecular weight excluding hydrogens is 320 g/mol. The summed E-state index contributed by atoms with van der Waals surface area (Å²) < 4.78 is 0.994. The standard InChI is InChI=1S/C15H15BrN2O2/c1-10-12(6-4-7-13(10)16)14(17)9-11-5-2-3-8-15(11)18(19)20/h2-8,14H,9,17H2,1H3. The van der Waals surface area contributed by atoms with E-state index in [4.69, 9.17) is 5.73 Å². The van der Waals surface area contributed by atoms with Gasteiger partial charge in [-0.1, -0.05) is 46.3 Å². The van der Waals surface area contributed by atoms with Crippen LogP contribution < -0.4 is 5.73 Å². The molecule has 0 aliphatic rings. The predicted molar refractivity (Wildman–Crippen MR) is 82.6 cm³/mol. The van der Waals surface area contributed by atoms with E-state index in [9.17, 15) is 10.1 Å². The molecule has 2 aromatic rings. The zero-order valence-electron chi connectivity index (χ0n) is 11.0. The topological polar surface area (TPSA) is 69.2 Å². The highest BCUT2D eigenvalue weighted by molar-refractivity contribution is 9.10. The molecule has 0 aliphatic carbocycles. The summed E-state index contributed by atoms with van der Waals surface area (Å²) in [5.41, 5.74) is 9.07. The maximum atomic E-state index is 11.0. The molecule has 0 aliphatic heterocycles. The van der Waals surface area contributed by atoms with E-state index < -0.39 is 0 Å². The van der Waals surface area contributed by atoms with Crippen molar-refractivity contribution < 1.29 is 4.92 Å². The van der Waals surface area contributed by atoms with Gasteiger partial charge in [-0.2, -0.15) is 0 Å². The maximum absolute atomic E-state index is 11.0. The summed E-state index contributed by atoms with van der Waals surface area (Å²) in [5.74, 6) is 0. The van der Waals surface area contributed by atoms with Gasteiger partial charge in [0, 0.05) is 22.1 Å². The Bertz CT molecular complexity index is 644. The number of nitro groups is 1. The SMILES string of the molecule is Cc1c(Br)cccc1C(N)Cc1ccccc1[N+](=O)[O-]. The molecule has 20 heavy (non-hydrogen) atoms. The summed E-state index contributed by atoms with van der Waals surface area (Å²) in [7, 11) is 0. The molecule has 5 heteroatoms. The molecule has 0 saturated heterocycles. The van der Waals surface area contributed by atoms with Crippen molar-refractivity contribution in [3.8, 4) is 0 Å². The van der Waals surface area contributed by atoms with Gasteiger partial charge in [-0.05, 0) is 30.5 Å². The lowest BCUT2D eigenvalue weighted by Crippen LogP contribution is -2.15. The zero-order valence-corrected chi connectivity index (χ0v) is 12.6. The highest BCUT2D eigenvalue weighted by Crippen LogP contribution is 2.28. The number of nitrogens with zero attached hydrogens (tertiary/aromatic N) is 1. The van der Waals surface area contributed by atoms with Crippen molar-refractivity contribution in [2.45, 2.75) is 19.4 Å². The summed E-state index contributed by atoms with van der Waals surface area (Å²) in [5, 5.41) is 11.0. The summed E-state index contributed by atoms with van der Waals surface area (Å²) in [6.45, 7) is 1.98. The fraction of sp³-hybridized carbons (Fsp3) is 0.200. The van der Waals surface area contributed by atoms with E-state index in [1.807, 2.05) is 25.1 Å². The first kappa shape index (κ1) is 14.7. The fourth-order valence-corrected chi connectivity index (χ4v) is 2.62. The number of hydrogen-bond acceptors (Lipinski definition) is 3. The molecule has 0 aromatic heterocycles. The molecule has 4 nitrogen and oxygen atoms in total. The maximum Gasteiger partial charge on any atom is 0.272 e. The van der Waals surface area contributed by atoms with E-state index in [1.165, 1.54) is 6.07 Å². The van der Waals surface area contributed by atoms with Crippen LogP contribution >= 0.6 is 15.9 Å². The molecular formula is C15H15BrN2O2. The van der Waals surface area contributed by atoms with E-state index in [0.717, 1.165) is 15.6 Å². The van der Waals surface area contributed by atoms with Crippen LogP contribution in [0, 0.1) is 17.0 Å². The molecule has 0 amide bonds. The van der Waals surface area contributed by atoms with Crippen LogP contribution in [0.3, 0.4) is 0 Å². The van der Waals surface area contributed by atoms with E-state index in [0.29, 0.717) is 12.0 Å². The largest absolute Gasteiger partial charge is 0.324 e. The first-order valence-electron chi connectivity index (χ1n) is 6.23. The molecule has 0 radical (unpaired) electrons. The lowest BCUT2D eigenvalue weighted by Gasteiger charge is -2.15. The number of para-hydroxylation sites is 1. The Morgan fingerprint density at radius 3 is 2.65 bits per heavy atom. The van der Waals surface area contributed by atoms with Gasteiger partial charge in [0.1, 0.15) is 0 Å². The van der Waals surface area contributed by atoms with Crippen LogP contribution in [-0.2, 0) is 6.42 Å². The number of nitro benzene ring substituents is 1. The lowest BCUT2D eigenvalue weighted by atomic mass is 9.95. The average Bonchev–Trinajstić information content (AvgIpc) is 2.42. The smallest absolute Gasteiger partial charge is 0.272 e. The normalized spacial score (nSPS) is 12.2. The first-order chi connectivity index (χ1) is 9.50. The van der Waals surface area contributed by atoms with Gasteiger partial charge in [-0.3, -0.25) is 10.1 Å². The van der Waals surface area contributed by atoms with Gasteiger partial charge in [0.25, 0.3) is 5.69 Å². The number of halogens is 1. The Kier molecular flexibility index (Phi) is 4.52. The number of benzene rings is 2. The molecule has 0 bridgehead atoms. The Morgan fingerprint density at radius 2 is 1.95 bits per heavy atom. The summed E-state index contributed by atoms with van der Waals surface area (Å²) in [6, 6.07) is 12.3. The second kappa shape index (κ2) is 6.15. The molecule has 0 heterocycles. The Morgan fingerprint density at radius 1 is 1.25 bits per heavy atom. The van der Waals surface area contributed by atoms with Gasteiger partial charge < -0.3 is 5.73 Å². The van der Waals surface area contributed by atoms with Gasteiger partial charge >= 0.3 is 0 Å². The molecule has 0 spiro atoms. The van der Waals surface area contributed by atoms with Crippen LogP contribution in [0.15, 0.2) is 46.9 Å². The average molecular weight is 335 g/mol. The number of hydrogen-bond donors (Lipinski definition) is 1. The molecule has 0 saturated carbocycles. The van der Waals surface area contributed by atoms with Crippen LogP contribution in [0.25, 0.3) is 0 Å². The minimum absolute atomic E-state index is 0.121. The van der Waals surface area contributed by atoms with Gasteiger partial charge in [-0.25, -0.2) is 0 Å². The number of nitrogens with two attached hydrogens (primary N) is 1. The minimum atomic E-state index is -0.365. The predicted octanol–water partition coefficient (Wildman–Crippen LogP) is 3.91. The van der Waals surface area contributed by atoms with Crippen LogP contribution in [0.5, 0.6) is 0 Å². The van der Waals surface area contributed by atoms with Crippen LogP contribution in [-0.4, -0.2) is 4.92 Å². The van der Waals surface area contributed by atoms with E-state index in [-0.39, 0.29) is 16.7 Å². The van der Waals surface area contributed by atoms with Gasteiger partial charge in [0.2, 0.25) is 0 Å². The van der Waals surface area contributed by atoms with Crippen molar-refractivity contribution >= 4 is 21.6 Å². The van der Waals surface area contributed by atoms with Gasteiger partial charge in [0.15, 0.2) is 0 Å². The Hall–Kier alpha value is -1.72. The van der Waals surface area contributed by atoms with Crippen LogP contribution in [0.4, 0.5) is 5.69 Å². The van der Waals surface area contributed by atoms with Crippen molar-refractivity contribution in [1.29, 1.82) is 0 Å². The monoisotopic (exact) mass is 334 g/mol. The van der Waals surface area contributed by atoms with Crippen molar-refractivity contribution in [3.63, 3.8) is 0 Å². The van der Waals surface area contributed by atoms with Gasteiger partial charge in [-0.15, -0.1) is 0 Å². The highest BCUT2D eigenvalue weighted by Gasteiger charge is 2.17. The van der Waals surface area contributed by atoms with Crippen molar-refractivity contribution in [1.82, 2.24) is 0 Å². The molecule has 0 fully saturated rings. The highest BCUT2D eigenvalue weighted by atomic mass is 79.9. The third kappa shape index (κ3) is 3.05. The van der Waals surface area contributed by atoms with E-state index in [2.05, 4.69) is 15.9 Å². The summed E-state index contributed by atoms with van der Waals surface area (Å²) in [4.78, 5) is 10.7. The van der Waals surface area contributed by atoms with Crippen LogP contribution in [0.1, 0.15) is 22.7 Å². The third-order valence-corrected chi connectivity index (χ3v) is 4.20. The molecule has 2 rings (SSSR count).